The molecule has 1 aromatic carbocycles. The Balaban J connectivity index is 1.55. The minimum atomic E-state index is -0.921. The highest BCUT2D eigenvalue weighted by Crippen LogP contribution is 2.33. The molecule has 0 saturated carbocycles. The number of hydrogen-bond acceptors (Lipinski definition) is 5. The van der Waals surface area contributed by atoms with E-state index in [4.69, 9.17) is 4.74 Å². The van der Waals surface area contributed by atoms with Crippen molar-refractivity contribution in [3.63, 3.8) is 0 Å². The average molecular weight is 336 g/mol. The molecule has 3 rings (SSSR count). The first kappa shape index (κ1) is 16.1. The Morgan fingerprint density at radius 2 is 2.13 bits per heavy atom. The van der Waals surface area contributed by atoms with Crippen LogP contribution in [-0.4, -0.2) is 58.2 Å². The number of carbonyl (C=O) groups excluding carboxylic acids is 2. The van der Waals surface area contributed by atoms with Crippen molar-refractivity contribution in [3.05, 3.63) is 29.8 Å². The van der Waals surface area contributed by atoms with Crippen molar-refractivity contribution in [2.75, 3.05) is 24.7 Å². The van der Waals surface area contributed by atoms with Gasteiger partial charge in [0, 0.05) is 5.75 Å². The number of nitrogens with zero attached hydrogens (tertiary/aromatic N) is 1. The van der Waals surface area contributed by atoms with E-state index >= 15 is 0 Å². The SMILES string of the molecule is Cc1ccc(OC[C@H](O)CN2C(=O)N[C@]3(CCSC3)C2=O)cc1. The van der Waals surface area contributed by atoms with Crippen molar-refractivity contribution in [3.8, 4) is 5.75 Å². The van der Waals surface area contributed by atoms with E-state index in [1.165, 1.54) is 0 Å². The summed E-state index contributed by atoms with van der Waals surface area (Å²) in [7, 11) is 0. The van der Waals surface area contributed by atoms with Gasteiger partial charge in [-0.1, -0.05) is 17.7 Å². The summed E-state index contributed by atoms with van der Waals surface area (Å²) in [5.41, 5.74) is 0.358. The molecule has 7 heteroatoms. The highest BCUT2D eigenvalue weighted by Gasteiger charge is 2.53. The number of nitrogens with one attached hydrogen (secondary N) is 1. The third kappa shape index (κ3) is 3.30. The lowest BCUT2D eigenvalue weighted by atomic mass is 9.99. The van der Waals surface area contributed by atoms with Crippen LogP contribution in [0.15, 0.2) is 24.3 Å². The number of thioether (sulfide) groups is 1. The zero-order chi connectivity index (χ0) is 16.4. The van der Waals surface area contributed by atoms with Crippen LogP contribution in [0.25, 0.3) is 0 Å². The lowest BCUT2D eigenvalue weighted by Crippen LogP contribution is -2.47. The van der Waals surface area contributed by atoms with E-state index in [0.29, 0.717) is 17.9 Å². The Kier molecular flexibility index (Phi) is 4.50. The van der Waals surface area contributed by atoms with Gasteiger partial charge in [-0.15, -0.1) is 0 Å². The summed E-state index contributed by atoms with van der Waals surface area (Å²) in [5, 5.41) is 12.9. The third-order valence-corrected chi connectivity index (χ3v) is 5.31. The van der Waals surface area contributed by atoms with Crippen LogP contribution in [0, 0.1) is 6.92 Å². The molecule has 2 fully saturated rings. The first-order chi connectivity index (χ1) is 11.0. The van der Waals surface area contributed by atoms with E-state index < -0.39 is 17.7 Å². The van der Waals surface area contributed by atoms with E-state index in [1.807, 2.05) is 31.2 Å². The molecule has 1 spiro atoms. The summed E-state index contributed by atoms with van der Waals surface area (Å²) in [6, 6.07) is 7.05. The normalized spacial score (nSPS) is 25.0. The Hall–Kier alpha value is -1.73. The highest BCUT2D eigenvalue weighted by molar-refractivity contribution is 7.99. The summed E-state index contributed by atoms with van der Waals surface area (Å²) in [4.78, 5) is 25.6. The summed E-state index contributed by atoms with van der Waals surface area (Å²) in [5.74, 6) is 1.88. The van der Waals surface area contributed by atoms with Crippen molar-refractivity contribution in [2.45, 2.75) is 25.0 Å². The minimum absolute atomic E-state index is 0.0296. The van der Waals surface area contributed by atoms with Gasteiger partial charge in [-0.25, -0.2) is 4.79 Å². The molecule has 1 aromatic rings. The molecule has 0 aromatic heterocycles. The van der Waals surface area contributed by atoms with Crippen LogP contribution in [0.4, 0.5) is 4.79 Å². The van der Waals surface area contributed by atoms with Gasteiger partial charge in [0.05, 0.1) is 6.54 Å². The molecule has 2 aliphatic heterocycles. The number of β-amino-alcohol motifs (C(OH)–C–C–N with tert-alkyl or cyclic N) is 1. The summed E-state index contributed by atoms with van der Waals surface area (Å²) < 4.78 is 5.50. The molecule has 0 bridgehead atoms. The molecule has 0 aliphatic carbocycles. The quantitative estimate of drug-likeness (QED) is 0.789. The van der Waals surface area contributed by atoms with Crippen LogP contribution in [-0.2, 0) is 4.79 Å². The topological polar surface area (TPSA) is 78.9 Å². The summed E-state index contributed by atoms with van der Waals surface area (Å²) in [6.07, 6.45) is -0.274. The molecule has 2 saturated heterocycles. The summed E-state index contributed by atoms with van der Waals surface area (Å²) >= 11 is 1.66. The molecule has 2 atom stereocenters. The van der Waals surface area contributed by atoms with Crippen LogP contribution in [0.3, 0.4) is 0 Å². The lowest BCUT2D eigenvalue weighted by Gasteiger charge is -2.21. The van der Waals surface area contributed by atoms with Crippen LogP contribution in [0.5, 0.6) is 5.75 Å². The molecule has 23 heavy (non-hydrogen) atoms. The number of imide groups is 1. The average Bonchev–Trinajstić information content (AvgIpc) is 3.08. The van der Waals surface area contributed by atoms with Gasteiger partial charge in [0.1, 0.15) is 24.0 Å². The molecule has 0 unspecified atom stereocenters. The number of aliphatic hydroxyl groups excluding tert-OH is 1. The van der Waals surface area contributed by atoms with E-state index in [0.717, 1.165) is 16.2 Å². The van der Waals surface area contributed by atoms with Crippen molar-refractivity contribution < 1.29 is 19.4 Å². The minimum Gasteiger partial charge on any atom is -0.491 e. The van der Waals surface area contributed by atoms with Crippen molar-refractivity contribution >= 4 is 23.7 Å². The molecule has 2 N–H and O–H groups in total. The number of carbonyl (C=O) groups is 2. The zero-order valence-corrected chi connectivity index (χ0v) is 13.8. The second-order valence-corrected chi connectivity index (χ2v) is 7.11. The number of benzene rings is 1. The van der Waals surface area contributed by atoms with E-state index in [2.05, 4.69) is 5.32 Å². The standard InChI is InChI=1S/C16H20N2O4S/c1-11-2-4-13(5-3-11)22-9-12(19)8-18-14(20)16(17-15(18)21)6-7-23-10-16/h2-5,12,19H,6-10H2,1H3,(H,17,21)/t12-,16+/m1/s1. The first-order valence-electron chi connectivity index (χ1n) is 7.60. The molecule has 2 heterocycles. The van der Waals surface area contributed by atoms with Crippen LogP contribution < -0.4 is 10.1 Å². The monoisotopic (exact) mass is 336 g/mol. The zero-order valence-electron chi connectivity index (χ0n) is 12.9. The van der Waals surface area contributed by atoms with Gasteiger partial charge in [-0.2, -0.15) is 11.8 Å². The number of amides is 3. The number of hydrogen-bond donors (Lipinski definition) is 2. The number of aryl methyl sites for hydroxylation is 1. The number of rotatable bonds is 5. The fraction of sp³-hybridized carbons (Fsp3) is 0.500. The molecule has 124 valence electrons. The smallest absolute Gasteiger partial charge is 0.325 e. The van der Waals surface area contributed by atoms with Crippen molar-refractivity contribution in [2.24, 2.45) is 0 Å². The Labute approximate surface area is 139 Å². The van der Waals surface area contributed by atoms with Gasteiger partial charge in [-0.3, -0.25) is 9.69 Å². The second-order valence-electron chi connectivity index (χ2n) is 6.01. The van der Waals surface area contributed by atoms with Crippen molar-refractivity contribution in [1.29, 1.82) is 0 Å². The van der Waals surface area contributed by atoms with Gasteiger partial charge < -0.3 is 15.2 Å². The number of ether oxygens (including phenoxy) is 1. The van der Waals surface area contributed by atoms with E-state index in [-0.39, 0.29) is 19.1 Å². The van der Waals surface area contributed by atoms with E-state index in [1.54, 1.807) is 11.8 Å². The van der Waals surface area contributed by atoms with Gasteiger partial charge in [0.2, 0.25) is 0 Å². The molecule has 0 radical (unpaired) electrons. The van der Waals surface area contributed by atoms with Crippen LogP contribution in [0.2, 0.25) is 0 Å². The van der Waals surface area contributed by atoms with Gasteiger partial charge in [0.15, 0.2) is 0 Å². The predicted molar refractivity (Wildman–Crippen MR) is 87.6 cm³/mol. The van der Waals surface area contributed by atoms with Gasteiger partial charge >= 0.3 is 6.03 Å². The molecular weight excluding hydrogens is 316 g/mol. The number of urea groups is 1. The molecule has 3 amide bonds. The van der Waals surface area contributed by atoms with Crippen LogP contribution in [0.1, 0.15) is 12.0 Å². The highest BCUT2D eigenvalue weighted by atomic mass is 32.2. The maximum absolute atomic E-state index is 12.5. The fourth-order valence-corrected chi connectivity index (χ4v) is 4.09. The molecular formula is C16H20N2O4S. The fourth-order valence-electron chi connectivity index (χ4n) is 2.76. The van der Waals surface area contributed by atoms with E-state index in [9.17, 15) is 14.7 Å². The Morgan fingerprint density at radius 1 is 1.39 bits per heavy atom. The largest absolute Gasteiger partial charge is 0.491 e. The first-order valence-corrected chi connectivity index (χ1v) is 8.75. The number of aliphatic hydroxyl groups is 1. The van der Waals surface area contributed by atoms with Gasteiger partial charge in [-0.05, 0) is 31.2 Å². The van der Waals surface area contributed by atoms with Gasteiger partial charge in [0.25, 0.3) is 5.91 Å². The lowest BCUT2D eigenvalue weighted by molar-refractivity contribution is -0.131. The Morgan fingerprint density at radius 3 is 2.78 bits per heavy atom. The molecule has 2 aliphatic rings. The third-order valence-electron chi connectivity index (χ3n) is 4.12. The predicted octanol–water partition coefficient (Wildman–Crippen LogP) is 1.16. The Bertz CT molecular complexity index is 599. The maximum Gasteiger partial charge on any atom is 0.325 e. The summed E-state index contributed by atoms with van der Waals surface area (Å²) in [6.45, 7) is 1.96. The van der Waals surface area contributed by atoms with Crippen LogP contribution >= 0.6 is 11.8 Å². The second kappa shape index (κ2) is 6.41. The maximum atomic E-state index is 12.5. The molecule has 6 nitrogen and oxygen atoms in total. The van der Waals surface area contributed by atoms with Crippen molar-refractivity contribution in [1.82, 2.24) is 10.2 Å².